The number of pyridine rings is 1. The number of halogens is 1. The van der Waals surface area contributed by atoms with Crippen LogP contribution in [0, 0.1) is 6.92 Å². The summed E-state index contributed by atoms with van der Waals surface area (Å²) in [5.41, 5.74) is 2.78. The van der Waals surface area contributed by atoms with E-state index < -0.39 is 6.10 Å². The van der Waals surface area contributed by atoms with Crippen molar-refractivity contribution in [1.29, 1.82) is 0 Å². The highest BCUT2D eigenvalue weighted by atomic mass is 79.9. The second kappa shape index (κ2) is 4.43. The van der Waals surface area contributed by atoms with Crippen LogP contribution in [-0.2, 0) is 0 Å². The topological polar surface area (TPSA) is 33.1 Å². The Bertz CT molecular complexity index is 469. The molecule has 78 valence electrons. The van der Waals surface area contributed by atoms with E-state index in [2.05, 4.69) is 20.9 Å². The lowest BCUT2D eigenvalue weighted by Gasteiger charge is -2.10. The Morgan fingerprint density at radius 3 is 2.80 bits per heavy atom. The molecule has 0 fully saturated rings. The maximum absolute atomic E-state index is 10.1. The molecular formula is C11H10BrNOS. The quantitative estimate of drug-likeness (QED) is 0.918. The largest absolute Gasteiger partial charge is 0.384 e. The van der Waals surface area contributed by atoms with Crippen LogP contribution in [0.1, 0.15) is 22.8 Å². The van der Waals surface area contributed by atoms with Crippen LogP contribution in [-0.4, -0.2) is 10.1 Å². The normalized spacial score (nSPS) is 12.7. The van der Waals surface area contributed by atoms with E-state index in [1.165, 1.54) is 0 Å². The molecule has 1 unspecified atom stereocenters. The Balaban J connectivity index is 2.36. The minimum atomic E-state index is -0.599. The molecule has 2 aromatic heterocycles. The highest BCUT2D eigenvalue weighted by Crippen LogP contribution is 2.31. The molecule has 0 aliphatic carbocycles. The zero-order chi connectivity index (χ0) is 10.8. The molecule has 0 saturated heterocycles. The molecule has 0 amide bonds. The summed E-state index contributed by atoms with van der Waals surface area (Å²) in [5, 5.41) is 14.0. The fraction of sp³-hybridized carbons (Fsp3) is 0.182. The first-order valence-corrected chi connectivity index (χ1v) is 6.23. The van der Waals surface area contributed by atoms with Crippen LogP contribution in [0.4, 0.5) is 0 Å². The summed E-state index contributed by atoms with van der Waals surface area (Å²) < 4.78 is 0.946. The molecule has 2 nitrogen and oxygen atoms in total. The third-order valence-corrected chi connectivity index (χ3v) is 3.90. The molecule has 2 heterocycles. The minimum Gasteiger partial charge on any atom is -0.384 e. The fourth-order valence-electron chi connectivity index (χ4n) is 1.39. The molecule has 1 atom stereocenters. The van der Waals surface area contributed by atoms with Crippen molar-refractivity contribution in [3.63, 3.8) is 0 Å². The van der Waals surface area contributed by atoms with Gasteiger partial charge < -0.3 is 5.11 Å². The standard InChI is InChI=1S/C11H10BrNOS/c1-7-2-8(4-13-3-7)11(14)9-5-15-6-10(9)12/h2-6,11,14H,1H3. The molecule has 0 aromatic carbocycles. The highest BCUT2D eigenvalue weighted by molar-refractivity contribution is 9.10. The maximum Gasteiger partial charge on any atom is 0.107 e. The van der Waals surface area contributed by atoms with Crippen molar-refractivity contribution >= 4 is 27.3 Å². The summed E-state index contributed by atoms with van der Waals surface area (Å²) in [7, 11) is 0. The second-order valence-electron chi connectivity index (χ2n) is 3.37. The lowest BCUT2D eigenvalue weighted by Crippen LogP contribution is -1.99. The maximum atomic E-state index is 10.1. The number of aliphatic hydroxyl groups excluding tert-OH is 1. The molecule has 15 heavy (non-hydrogen) atoms. The third-order valence-electron chi connectivity index (χ3n) is 2.15. The van der Waals surface area contributed by atoms with Gasteiger partial charge in [0.15, 0.2) is 0 Å². The van der Waals surface area contributed by atoms with Crippen LogP contribution in [0.3, 0.4) is 0 Å². The van der Waals surface area contributed by atoms with Crippen LogP contribution >= 0.6 is 27.3 Å². The van der Waals surface area contributed by atoms with Crippen molar-refractivity contribution in [2.24, 2.45) is 0 Å². The van der Waals surface area contributed by atoms with Crippen molar-refractivity contribution in [2.45, 2.75) is 13.0 Å². The SMILES string of the molecule is Cc1cncc(C(O)c2cscc2Br)c1. The lowest BCUT2D eigenvalue weighted by molar-refractivity contribution is 0.219. The van der Waals surface area contributed by atoms with Gasteiger partial charge in [-0.25, -0.2) is 0 Å². The van der Waals surface area contributed by atoms with Gasteiger partial charge in [0.1, 0.15) is 6.10 Å². The van der Waals surface area contributed by atoms with Gasteiger partial charge >= 0.3 is 0 Å². The number of nitrogens with zero attached hydrogens (tertiary/aromatic N) is 1. The average Bonchev–Trinajstić information content (AvgIpc) is 2.63. The first-order chi connectivity index (χ1) is 7.18. The van der Waals surface area contributed by atoms with Crippen molar-refractivity contribution in [3.8, 4) is 0 Å². The predicted octanol–water partition coefficient (Wildman–Crippen LogP) is 3.30. The number of rotatable bonds is 2. The molecule has 0 radical (unpaired) electrons. The zero-order valence-corrected chi connectivity index (χ0v) is 10.5. The van der Waals surface area contributed by atoms with Crippen LogP contribution in [0.2, 0.25) is 0 Å². The molecule has 0 saturated carbocycles. The predicted molar refractivity (Wildman–Crippen MR) is 65.1 cm³/mol. The third kappa shape index (κ3) is 2.27. The Labute approximate surface area is 101 Å². The summed E-state index contributed by atoms with van der Waals surface area (Å²) in [6.07, 6.45) is 2.87. The van der Waals surface area contributed by atoms with Gasteiger partial charge in [-0.2, -0.15) is 11.3 Å². The summed E-state index contributed by atoms with van der Waals surface area (Å²) >= 11 is 4.98. The zero-order valence-electron chi connectivity index (χ0n) is 8.14. The van der Waals surface area contributed by atoms with Gasteiger partial charge in [0, 0.05) is 33.4 Å². The van der Waals surface area contributed by atoms with E-state index in [-0.39, 0.29) is 0 Å². The smallest absolute Gasteiger partial charge is 0.107 e. The molecule has 2 aromatic rings. The Kier molecular flexibility index (Phi) is 3.19. The molecule has 4 heteroatoms. The summed E-state index contributed by atoms with van der Waals surface area (Å²) in [4.78, 5) is 4.07. The monoisotopic (exact) mass is 283 g/mol. The Hall–Kier alpha value is -0.710. The number of thiophene rings is 1. The van der Waals surface area contributed by atoms with Gasteiger partial charge in [-0.05, 0) is 33.8 Å². The van der Waals surface area contributed by atoms with Gasteiger partial charge in [0.2, 0.25) is 0 Å². The number of aromatic nitrogens is 1. The van der Waals surface area contributed by atoms with E-state index in [4.69, 9.17) is 0 Å². The van der Waals surface area contributed by atoms with Crippen LogP contribution in [0.5, 0.6) is 0 Å². The van der Waals surface area contributed by atoms with Crippen molar-refractivity contribution in [3.05, 3.63) is 50.4 Å². The molecule has 0 aliphatic rings. The van der Waals surface area contributed by atoms with Crippen molar-refractivity contribution in [2.75, 3.05) is 0 Å². The van der Waals surface area contributed by atoms with E-state index >= 15 is 0 Å². The molecule has 0 aliphatic heterocycles. The van der Waals surface area contributed by atoms with Gasteiger partial charge in [-0.3, -0.25) is 4.98 Å². The summed E-state index contributed by atoms with van der Waals surface area (Å²) in [5.74, 6) is 0. The second-order valence-corrected chi connectivity index (χ2v) is 4.97. The first-order valence-electron chi connectivity index (χ1n) is 4.49. The van der Waals surface area contributed by atoms with E-state index in [1.807, 2.05) is 23.8 Å². The van der Waals surface area contributed by atoms with Gasteiger partial charge in [0.05, 0.1) is 0 Å². The minimum absolute atomic E-state index is 0.599. The van der Waals surface area contributed by atoms with Crippen LogP contribution in [0.15, 0.2) is 33.7 Å². The van der Waals surface area contributed by atoms with Gasteiger partial charge in [-0.1, -0.05) is 6.07 Å². The van der Waals surface area contributed by atoms with Crippen molar-refractivity contribution < 1.29 is 5.11 Å². The number of aryl methyl sites for hydroxylation is 1. The highest BCUT2D eigenvalue weighted by Gasteiger charge is 2.14. The molecule has 2 rings (SSSR count). The molecule has 0 spiro atoms. The van der Waals surface area contributed by atoms with Crippen LogP contribution < -0.4 is 0 Å². The molecule has 1 N–H and O–H groups in total. The van der Waals surface area contributed by atoms with E-state index in [0.717, 1.165) is 21.2 Å². The number of hydrogen-bond acceptors (Lipinski definition) is 3. The van der Waals surface area contributed by atoms with Gasteiger partial charge in [-0.15, -0.1) is 0 Å². The van der Waals surface area contributed by atoms with Crippen LogP contribution in [0.25, 0.3) is 0 Å². The number of aliphatic hydroxyl groups is 1. The van der Waals surface area contributed by atoms with Gasteiger partial charge in [0.25, 0.3) is 0 Å². The van der Waals surface area contributed by atoms with E-state index in [0.29, 0.717) is 0 Å². The molecule has 0 bridgehead atoms. The molecular weight excluding hydrogens is 274 g/mol. The van der Waals surface area contributed by atoms with Crippen molar-refractivity contribution in [1.82, 2.24) is 4.98 Å². The summed E-state index contributed by atoms with van der Waals surface area (Å²) in [6.45, 7) is 1.96. The lowest BCUT2D eigenvalue weighted by atomic mass is 10.1. The number of hydrogen-bond donors (Lipinski definition) is 1. The first kappa shape index (κ1) is 10.8. The fourth-order valence-corrected chi connectivity index (χ4v) is 2.93. The van der Waals surface area contributed by atoms with E-state index in [9.17, 15) is 5.11 Å². The Morgan fingerprint density at radius 1 is 1.40 bits per heavy atom. The Morgan fingerprint density at radius 2 is 2.20 bits per heavy atom. The van der Waals surface area contributed by atoms with E-state index in [1.54, 1.807) is 23.7 Å². The summed E-state index contributed by atoms with van der Waals surface area (Å²) in [6, 6.07) is 1.95. The average molecular weight is 284 g/mol.